The second-order valence-electron chi connectivity index (χ2n) is 5.49. The number of nitrogens with zero attached hydrogens (tertiary/aromatic N) is 1. The van der Waals surface area contributed by atoms with Crippen LogP contribution < -0.4 is 0 Å². The van der Waals surface area contributed by atoms with Gasteiger partial charge in [0.05, 0.1) is 6.10 Å². The first-order chi connectivity index (χ1) is 9.38. The monoisotopic (exact) mass is 275 g/mol. The highest BCUT2D eigenvalue weighted by molar-refractivity contribution is 5.95. The van der Waals surface area contributed by atoms with Crippen molar-refractivity contribution in [3.63, 3.8) is 0 Å². The quantitative estimate of drug-likeness (QED) is 0.808. The van der Waals surface area contributed by atoms with Gasteiger partial charge in [-0.15, -0.1) is 6.58 Å². The summed E-state index contributed by atoms with van der Waals surface area (Å²) >= 11 is 0. The van der Waals surface area contributed by atoms with Crippen LogP contribution in [0.2, 0.25) is 0 Å². The minimum Gasteiger partial charge on any atom is -0.388 e. The fourth-order valence-corrected chi connectivity index (χ4v) is 2.12. The Bertz CT molecular complexity index is 476. The molecule has 0 heterocycles. The van der Waals surface area contributed by atoms with Crippen LogP contribution in [0.25, 0.3) is 0 Å². The van der Waals surface area contributed by atoms with Crippen LogP contribution in [-0.4, -0.2) is 29.0 Å². The van der Waals surface area contributed by atoms with Crippen molar-refractivity contribution in [1.82, 2.24) is 4.90 Å². The molecule has 0 saturated heterocycles. The lowest BCUT2D eigenvalue weighted by atomic mass is 9.81. The molecule has 20 heavy (non-hydrogen) atoms. The van der Waals surface area contributed by atoms with Crippen LogP contribution in [0, 0.1) is 5.41 Å². The normalized spacial score (nSPS) is 12.8. The third-order valence-electron chi connectivity index (χ3n) is 3.77. The van der Waals surface area contributed by atoms with Gasteiger partial charge in [-0.25, -0.2) is 0 Å². The van der Waals surface area contributed by atoms with Gasteiger partial charge in [-0.05, 0) is 25.5 Å². The molecule has 0 fully saturated rings. The molecule has 1 unspecified atom stereocenters. The maximum atomic E-state index is 12.5. The lowest BCUT2D eigenvalue weighted by molar-refractivity contribution is 0.0709. The van der Waals surface area contributed by atoms with Crippen LogP contribution in [0.15, 0.2) is 36.9 Å². The fourth-order valence-electron chi connectivity index (χ4n) is 2.12. The summed E-state index contributed by atoms with van der Waals surface area (Å²) in [6.07, 6.45) is 0.965. The largest absolute Gasteiger partial charge is 0.388 e. The molecule has 0 spiro atoms. The molecule has 0 radical (unpaired) electrons. The summed E-state index contributed by atoms with van der Waals surface area (Å²) in [6, 6.07) is 7.26. The van der Waals surface area contributed by atoms with E-state index in [0.29, 0.717) is 24.2 Å². The Morgan fingerprint density at radius 1 is 1.35 bits per heavy atom. The minimum absolute atomic E-state index is 0.0375. The number of hydrogen-bond acceptors (Lipinski definition) is 2. The molecule has 1 aromatic carbocycles. The van der Waals surface area contributed by atoms with Gasteiger partial charge in [-0.1, -0.05) is 38.1 Å². The van der Waals surface area contributed by atoms with Crippen LogP contribution >= 0.6 is 0 Å². The predicted molar refractivity (Wildman–Crippen MR) is 82.6 cm³/mol. The first kappa shape index (κ1) is 16.4. The van der Waals surface area contributed by atoms with Crippen molar-refractivity contribution in [3.8, 4) is 0 Å². The Labute approximate surface area is 121 Å². The van der Waals surface area contributed by atoms with Crippen molar-refractivity contribution in [2.75, 3.05) is 13.1 Å². The molecular weight excluding hydrogens is 250 g/mol. The molecule has 1 aromatic rings. The molecule has 1 atom stereocenters. The lowest BCUT2D eigenvalue weighted by Crippen LogP contribution is -2.32. The first-order valence-corrected chi connectivity index (χ1v) is 7.08. The van der Waals surface area contributed by atoms with E-state index in [1.807, 2.05) is 45.9 Å². The van der Waals surface area contributed by atoms with Crippen molar-refractivity contribution in [2.24, 2.45) is 5.41 Å². The second kappa shape index (κ2) is 6.71. The molecule has 110 valence electrons. The molecule has 1 amide bonds. The topological polar surface area (TPSA) is 40.5 Å². The van der Waals surface area contributed by atoms with E-state index >= 15 is 0 Å². The summed E-state index contributed by atoms with van der Waals surface area (Å²) in [7, 11) is 0. The summed E-state index contributed by atoms with van der Waals surface area (Å²) in [5.74, 6) is -0.0375. The summed E-state index contributed by atoms with van der Waals surface area (Å²) < 4.78 is 0. The van der Waals surface area contributed by atoms with E-state index in [1.54, 1.807) is 17.0 Å². The maximum absolute atomic E-state index is 12.5. The number of amides is 1. The number of hydrogen-bond donors (Lipinski definition) is 1. The molecule has 1 rings (SSSR count). The molecule has 0 aromatic heterocycles. The SMILES string of the molecule is C=CC(C)(C)C(O)c1ccccc1C(=O)N(CC)CC. The molecule has 3 heteroatoms. The highest BCUT2D eigenvalue weighted by atomic mass is 16.3. The van der Waals surface area contributed by atoms with E-state index in [2.05, 4.69) is 6.58 Å². The van der Waals surface area contributed by atoms with Gasteiger partial charge in [-0.2, -0.15) is 0 Å². The molecular formula is C17H25NO2. The Morgan fingerprint density at radius 3 is 2.40 bits per heavy atom. The highest BCUT2D eigenvalue weighted by Crippen LogP contribution is 2.36. The summed E-state index contributed by atoms with van der Waals surface area (Å²) in [4.78, 5) is 14.3. The minimum atomic E-state index is -0.754. The first-order valence-electron chi connectivity index (χ1n) is 7.08. The lowest BCUT2D eigenvalue weighted by Gasteiger charge is -2.29. The summed E-state index contributed by atoms with van der Waals surface area (Å²) in [5.41, 5.74) is 0.743. The summed E-state index contributed by atoms with van der Waals surface area (Å²) in [6.45, 7) is 12.8. The number of aliphatic hydroxyl groups excluding tert-OH is 1. The average molecular weight is 275 g/mol. The Morgan fingerprint density at radius 2 is 1.90 bits per heavy atom. The van der Waals surface area contributed by atoms with Crippen molar-refractivity contribution < 1.29 is 9.90 Å². The van der Waals surface area contributed by atoms with Gasteiger partial charge in [0, 0.05) is 24.1 Å². The third-order valence-corrected chi connectivity index (χ3v) is 3.77. The molecule has 0 aliphatic rings. The summed E-state index contributed by atoms with van der Waals surface area (Å²) in [5, 5.41) is 10.6. The van der Waals surface area contributed by atoms with Gasteiger partial charge >= 0.3 is 0 Å². The second-order valence-corrected chi connectivity index (χ2v) is 5.49. The van der Waals surface area contributed by atoms with Gasteiger partial charge in [0.25, 0.3) is 5.91 Å². The van der Waals surface area contributed by atoms with Crippen molar-refractivity contribution in [3.05, 3.63) is 48.0 Å². The number of rotatable bonds is 6. The molecule has 1 N–H and O–H groups in total. The zero-order chi connectivity index (χ0) is 15.3. The molecule has 0 aliphatic carbocycles. The van der Waals surface area contributed by atoms with Gasteiger partial charge in [-0.3, -0.25) is 4.79 Å². The standard InChI is InChI=1S/C17H25NO2/c1-6-17(4,5)15(19)13-11-9-10-12-14(13)16(20)18(7-2)8-3/h6,9-12,15,19H,1,7-8H2,2-5H3. The van der Waals surface area contributed by atoms with E-state index < -0.39 is 11.5 Å². The molecule has 0 bridgehead atoms. The number of benzene rings is 1. The van der Waals surface area contributed by atoms with E-state index in [-0.39, 0.29) is 5.91 Å². The van der Waals surface area contributed by atoms with Crippen molar-refractivity contribution >= 4 is 5.91 Å². The molecule has 0 aliphatic heterocycles. The smallest absolute Gasteiger partial charge is 0.254 e. The maximum Gasteiger partial charge on any atom is 0.254 e. The van der Waals surface area contributed by atoms with Gasteiger partial charge < -0.3 is 10.0 Å². The van der Waals surface area contributed by atoms with Gasteiger partial charge in [0.15, 0.2) is 0 Å². The van der Waals surface area contributed by atoms with Crippen LogP contribution in [-0.2, 0) is 0 Å². The van der Waals surface area contributed by atoms with Gasteiger partial charge in [0.2, 0.25) is 0 Å². The fraction of sp³-hybridized carbons (Fsp3) is 0.471. The Balaban J connectivity index is 3.24. The van der Waals surface area contributed by atoms with E-state index in [0.717, 1.165) is 0 Å². The van der Waals surface area contributed by atoms with Crippen molar-refractivity contribution in [1.29, 1.82) is 0 Å². The van der Waals surface area contributed by atoms with E-state index in [4.69, 9.17) is 0 Å². The Kier molecular flexibility index (Phi) is 5.52. The van der Waals surface area contributed by atoms with E-state index in [1.165, 1.54) is 0 Å². The molecule has 3 nitrogen and oxygen atoms in total. The van der Waals surface area contributed by atoms with Crippen molar-refractivity contribution in [2.45, 2.75) is 33.8 Å². The third kappa shape index (κ3) is 3.28. The van der Waals surface area contributed by atoms with Crippen LogP contribution in [0.1, 0.15) is 49.7 Å². The van der Waals surface area contributed by atoms with Crippen LogP contribution in [0.3, 0.4) is 0 Å². The number of aliphatic hydroxyl groups is 1. The predicted octanol–water partition coefficient (Wildman–Crippen LogP) is 3.41. The average Bonchev–Trinajstić information content (AvgIpc) is 2.47. The zero-order valence-electron chi connectivity index (χ0n) is 12.9. The van der Waals surface area contributed by atoms with Gasteiger partial charge in [0.1, 0.15) is 0 Å². The Hall–Kier alpha value is -1.61. The van der Waals surface area contributed by atoms with E-state index in [9.17, 15) is 9.90 Å². The zero-order valence-corrected chi connectivity index (χ0v) is 12.9. The number of carbonyl (C=O) groups excluding carboxylic acids is 1. The van der Waals surface area contributed by atoms with Crippen LogP contribution in [0.5, 0.6) is 0 Å². The molecule has 0 saturated carbocycles. The van der Waals surface area contributed by atoms with Crippen LogP contribution in [0.4, 0.5) is 0 Å². The highest BCUT2D eigenvalue weighted by Gasteiger charge is 2.29. The number of carbonyl (C=O) groups is 1.